The van der Waals surface area contributed by atoms with Crippen LogP contribution in [0.2, 0.25) is 0 Å². The fourth-order valence-electron chi connectivity index (χ4n) is 0.983. The normalized spacial score (nSPS) is 16.2. The summed E-state index contributed by atoms with van der Waals surface area (Å²) in [6.07, 6.45) is 20.0. The first-order valence-corrected chi connectivity index (χ1v) is 7.58. The summed E-state index contributed by atoms with van der Waals surface area (Å²) < 4.78 is 0. The largest absolute Gasteiger partial charge is 0.184 e. The fourth-order valence-corrected chi connectivity index (χ4v) is 0.983. The third-order valence-corrected chi connectivity index (χ3v) is 1.72. The Morgan fingerprint density at radius 3 is 0.889 bits per heavy atom. The zero-order chi connectivity index (χ0) is 13.3. The molecule has 0 N–H and O–H groups in total. The topological polar surface area (TPSA) is 0 Å². The maximum Gasteiger partial charge on any atom is -0.171 e. The molecule has 2 saturated carbocycles. The van der Waals surface area contributed by atoms with E-state index in [0.29, 0.717) is 0 Å². The molecule has 10 radical (unpaired) electrons. The number of benzene rings is 1. The number of rotatable bonds is 0. The first-order chi connectivity index (χ1) is 9.00. The molecule has 18 heavy (non-hydrogen) atoms. The summed E-state index contributed by atoms with van der Waals surface area (Å²) >= 11 is 1.47. The van der Waals surface area contributed by atoms with Gasteiger partial charge in [0.25, 0.3) is 0 Å². The number of hydrogen-bond acceptors (Lipinski definition) is 0. The van der Waals surface area contributed by atoms with Crippen molar-refractivity contribution in [1.82, 2.24) is 0 Å². The van der Waals surface area contributed by atoms with Crippen molar-refractivity contribution >= 4 is 9.30 Å². The van der Waals surface area contributed by atoms with Crippen molar-refractivity contribution in [2.24, 2.45) is 0 Å². The standard InChI is InChI=1S/C6H5.2C5H5.ClH.Ti/c1-2-4-6-5-3-1;2*1-2-4-5-3-1;;/h1-5H;2*1-5H;1H;/q-1;;;;+2/p-1. The summed E-state index contributed by atoms with van der Waals surface area (Å²) in [6, 6.07) is 12.5. The van der Waals surface area contributed by atoms with Crippen LogP contribution in [-0.4, -0.2) is 0 Å². The van der Waals surface area contributed by atoms with E-state index in [1.165, 1.54) is 19.4 Å². The Morgan fingerprint density at radius 2 is 0.778 bits per heavy atom. The Labute approximate surface area is 129 Å². The predicted octanol–water partition coefficient (Wildman–Crippen LogP) is 4.22. The van der Waals surface area contributed by atoms with E-state index in [4.69, 9.17) is 0 Å². The Bertz CT molecular complexity index is 166. The average Bonchev–Trinajstić information content (AvgIpc) is 3.21. The van der Waals surface area contributed by atoms with Gasteiger partial charge in [0.15, 0.2) is 0 Å². The molecule has 2 aliphatic carbocycles. The molecule has 2 heteroatoms. The monoisotopic (exact) mass is 290 g/mol. The Hall–Kier alpha value is 0.224. The van der Waals surface area contributed by atoms with Gasteiger partial charge in [0.05, 0.1) is 0 Å². The molecule has 3 rings (SSSR count). The van der Waals surface area contributed by atoms with Crippen molar-refractivity contribution in [3.05, 3.63) is 101 Å². The van der Waals surface area contributed by atoms with E-state index in [2.05, 4.69) is 15.4 Å². The van der Waals surface area contributed by atoms with Gasteiger partial charge in [-0.3, -0.25) is 0 Å². The first-order valence-electron chi connectivity index (χ1n) is 5.43. The van der Waals surface area contributed by atoms with Crippen LogP contribution in [0.15, 0.2) is 30.3 Å². The van der Waals surface area contributed by atoms with E-state index in [1.807, 2.05) is 94.5 Å². The van der Waals surface area contributed by atoms with Crippen molar-refractivity contribution in [2.45, 2.75) is 0 Å². The summed E-state index contributed by atoms with van der Waals surface area (Å²) in [7, 11) is 4.64. The van der Waals surface area contributed by atoms with E-state index in [-0.39, 0.29) is 0 Å². The molecule has 0 saturated heterocycles. The van der Waals surface area contributed by atoms with Crippen LogP contribution in [0.3, 0.4) is 0 Å². The summed E-state index contributed by atoms with van der Waals surface area (Å²) in [5.74, 6) is 0. The number of hydrogen-bond donors (Lipinski definition) is 0. The van der Waals surface area contributed by atoms with Crippen LogP contribution in [0.1, 0.15) is 0 Å². The number of halogens is 1. The molecule has 0 unspecified atom stereocenters. The van der Waals surface area contributed by atoms with Crippen molar-refractivity contribution in [3.63, 3.8) is 0 Å². The molecular weight excluding hydrogens is 275 g/mol. The van der Waals surface area contributed by atoms with Crippen LogP contribution >= 0.6 is 9.30 Å². The maximum atomic E-state index is 4.64. The van der Waals surface area contributed by atoms with Gasteiger partial charge in [0.1, 0.15) is 0 Å². The first kappa shape index (κ1) is 18.2. The molecule has 2 fully saturated rings. The summed E-state index contributed by atoms with van der Waals surface area (Å²) in [5.41, 5.74) is 0. The Balaban J connectivity index is 0.000000226. The minimum atomic E-state index is 1.47. The summed E-state index contributed by atoms with van der Waals surface area (Å²) in [4.78, 5) is 0. The third-order valence-electron chi connectivity index (χ3n) is 1.72. The van der Waals surface area contributed by atoms with Gasteiger partial charge in [0, 0.05) is 0 Å². The van der Waals surface area contributed by atoms with Gasteiger partial charge in [-0.15, -0.1) is 0 Å². The molecule has 0 spiro atoms. The maximum absolute atomic E-state index is 4.64. The molecule has 0 heterocycles. The summed E-state index contributed by atoms with van der Waals surface area (Å²) in [6.45, 7) is 0. The second kappa shape index (κ2) is 17.2. The quantitative estimate of drug-likeness (QED) is 0.496. The van der Waals surface area contributed by atoms with E-state index < -0.39 is 0 Å². The Morgan fingerprint density at radius 1 is 0.500 bits per heavy atom. The van der Waals surface area contributed by atoms with Gasteiger partial charge in [-0.05, 0) is 64.2 Å². The second-order valence-corrected chi connectivity index (χ2v) is 3.00. The van der Waals surface area contributed by atoms with Crippen molar-refractivity contribution < 1.29 is 19.4 Å². The molecule has 2 aliphatic rings. The van der Waals surface area contributed by atoms with Crippen LogP contribution in [0, 0.1) is 70.3 Å². The minimum absolute atomic E-state index is 1.47. The molecule has 0 atom stereocenters. The third kappa shape index (κ3) is 14.3. The molecule has 0 nitrogen and oxygen atoms in total. The smallest absolute Gasteiger partial charge is 0.171 e. The van der Waals surface area contributed by atoms with Crippen molar-refractivity contribution in [3.8, 4) is 0 Å². The molecule has 0 bridgehead atoms. The minimum Gasteiger partial charge on any atom is -0.184 e. The zero-order valence-corrected chi connectivity index (χ0v) is 12.4. The SMILES string of the molecule is [CH]1[CH][CH][CH][CH]1.[CH]1[CH][CH][CH][CH]1.[Cl][Ti+].[c-]1ccccc1. The molecule has 0 aliphatic heterocycles. The van der Waals surface area contributed by atoms with Gasteiger partial charge in [-0.2, -0.15) is 36.4 Å². The predicted molar refractivity (Wildman–Crippen MR) is 74.1 cm³/mol. The van der Waals surface area contributed by atoms with Gasteiger partial charge < -0.3 is 0 Å². The molecule has 1 aromatic carbocycles. The van der Waals surface area contributed by atoms with E-state index >= 15 is 0 Å². The summed E-state index contributed by atoms with van der Waals surface area (Å²) in [5, 5.41) is 0. The van der Waals surface area contributed by atoms with Gasteiger partial charge in [0.2, 0.25) is 0 Å². The van der Waals surface area contributed by atoms with Gasteiger partial charge in [-0.1, -0.05) is 0 Å². The van der Waals surface area contributed by atoms with Crippen molar-refractivity contribution in [1.29, 1.82) is 0 Å². The van der Waals surface area contributed by atoms with Gasteiger partial charge in [-0.25, -0.2) is 0 Å². The van der Waals surface area contributed by atoms with Crippen LogP contribution in [0.5, 0.6) is 0 Å². The van der Waals surface area contributed by atoms with Crippen LogP contribution in [0.4, 0.5) is 0 Å². The zero-order valence-electron chi connectivity index (χ0n) is 10.0. The Kier molecular flexibility index (Phi) is 17.4. The molecule has 0 aromatic heterocycles. The second-order valence-electron chi connectivity index (χ2n) is 3.00. The van der Waals surface area contributed by atoms with Crippen LogP contribution in [0.25, 0.3) is 0 Å². The molecule has 0 amide bonds. The van der Waals surface area contributed by atoms with Crippen LogP contribution in [-0.2, 0) is 19.4 Å². The fraction of sp³-hybridized carbons (Fsp3) is 0. The van der Waals surface area contributed by atoms with E-state index in [9.17, 15) is 0 Å². The molecule has 1 aromatic rings. The molecule has 90 valence electrons. The van der Waals surface area contributed by atoms with Crippen molar-refractivity contribution in [2.75, 3.05) is 0 Å². The van der Waals surface area contributed by atoms with Crippen LogP contribution < -0.4 is 0 Å². The van der Waals surface area contributed by atoms with E-state index in [0.717, 1.165) is 0 Å². The van der Waals surface area contributed by atoms with E-state index in [1.54, 1.807) is 0 Å². The van der Waals surface area contributed by atoms with Gasteiger partial charge >= 0.3 is 28.7 Å². The molecular formula is C16H15ClTi. The average molecular weight is 291 g/mol.